The molecule has 0 spiro atoms. The monoisotopic (exact) mass is 276 g/mol. The molecule has 0 saturated carbocycles. The van der Waals surface area contributed by atoms with Crippen molar-refractivity contribution >= 4 is 17.7 Å². The Morgan fingerprint density at radius 2 is 1.85 bits per heavy atom. The fraction of sp³-hybridized carbons (Fsp3) is 0.467. The summed E-state index contributed by atoms with van der Waals surface area (Å²) in [7, 11) is 0. The number of carbonyl (C=O) groups excluding carboxylic acids is 1. The summed E-state index contributed by atoms with van der Waals surface area (Å²) < 4.78 is 0. The molecule has 1 aliphatic heterocycles. The predicted molar refractivity (Wildman–Crippen MR) is 76.5 cm³/mol. The second-order valence-electron chi connectivity index (χ2n) is 6.21. The summed E-state index contributed by atoms with van der Waals surface area (Å²) in [5.74, 6) is -0.417. The number of likely N-dealkylation sites (tertiary alicyclic amines) is 1. The Morgan fingerprint density at radius 1 is 1.25 bits per heavy atom. The van der Waals surface area contributed by atoms with Crippen LogP contribution in [-0.2, 0) is 4.79 Å². The van der Waals surface area contributed by atoms with Crippen molar-refractivity contribution in [2.45, 2.75) is 26.8 Å². The fourth-order valence-electron chi connectivity index (χ4n) is 2.76. The van der Waals surface area contributed by atoms with Gasteiger partial charge in [0.25, 0.3) is 0 Å². The van der Waals surface area contributed by atoms with Crippen molar-refractivity contribution in [2.24, 2.45) is 11.3 Å². The van der Waals surface area contributed by atoms with Gasteiger partial charge in [-0.25, -0.2) is 4.79 Å². The lowest BCUT2D eigenvalue weighted by Gasteiger charge is -2.51. The largest absolute Gasteiger partial charge is 0.465 e. The van der Waals surface area contributed by atoms with E-state index in [-0.39, 0.29) is 29.8 Å². The molecule has 2 amide bonds. The summed E-state index contributed by atoms with van der Waals surface area (Å²) in [4.78, 5) is 24.8. The molecule has 108 valence electrons. The summed E-state index contributed by atoms with van der Waals surface area (Å²) in [5, 5.41) is 12.0. The maximum Gasteiger partial charge on any atom is 0.407 e. The first-order valence-corrected chi connectivity index (χ1v) is 6.66. The predicted octanol–water partition coefficient (Wildman–Crippen LogP) is 2.65. The van der Waals surface area contributed by atoms with Crippen molar-refractivity contribution in [3.05, 3.63) is 30.3 Å². The van der Waals surface area contributed by atoms with Crippen LogP contribution in [0, 0.1) is 11.3 Å². The number of rotatable bonds is 2. The summed E-state index contributed by atoms with van der Waals surface area (Å²) >= 11 is 0. The van der Waals surface area contributed by atoms with Crippen LogP contribution in [0.5, 0.6) is 0 Å². The van der Waals surface area contributed by atoms with Crippen LogP contribution in [0.4, 0.5) is 10.5 Å². The van der Waals surface area contributed by atoms with E-state index < -0.39 is 6.09 Å². The molecule has 1 saturated heterocycles. The highest BCUT2D eigenvalue weighted by atomic mass is 16.4. The Morgan fingerprint density at radius 3 is 2.35 bits per heavy atom. The number of nitrogens with zero attached hydrogens (tertiary/aromatic N) is 1. The van der Waals surface area contributed by atoms with E-state index in [0.29, 0.717) is 0 Å². The van der Waals surface area contributed by atoms with Crippen LogP contribution < -0.4 is 5.32 Å². The second kappa shape index (κ2) is 5.15. The molecule has 1 heterocycles. The average molecular weight is 276 g/mol. The van der Waals surface area contributed by atoms with Gasteiger partial charge in [-0.05, 0) is 17.5 Å². The number of amides is 2. The van der Waals surface area contributed by atoms with Crippen LogP contribution in [0.1, 0.15) is 20.8 Å². The van der Waals surface area contributed by atoms with E-state index in [9.17, 15) is 9.59 Å². The van der Waals surface area contributed by atoms with Gasteiger partial charge in [-0.2, -0.15) is 0 Å². The Bertz CT molecular complexity index is 508. The third-order valence-electron chi connectivity index (χ3n) is 3.62. The second-order valence-corrected chi connectivity index (χ2v) is 6.21. The van der Waals surface area contributed by atoms with E-state index in [0.717, 1.165) is 5.69 Å². The number of hydrogen-bond donors (Lipinski definition) is 2. The van der Waals surface area contributed by atoms with Gasteiger partial charge in [-0.3, -0.25) is 4.79 Å². The van der Waals surface area contributed by atoms with Crippen molar-refractivity contribution < 1.29 is 14.7 Å². The maximum absolute atomic E-state index is 12.3. The molecule has 0 aliphatic carbocycles. The summed E-state index contributed by atoms with van der Waals surface area (Å²) in [5.41, 5.74) is 0.467. The molecule has 2 unspecified atom stereocenters. The first kappa shape index (κ1) is 14.4. The molecular formula is C15H20N2O3. The lowest BCUT2D eigenvalue weighted by Crippen LogP contribution is -2.66. The van der Waals surface area contributed by atoms with E-state index in [1.54, 1.807) is 0 Å². The SMILES string of the molecule is CC(C)(C)C1C(C(=O)Nc2ccccc2)CN1C(=O)O. The van der Waals surface area contributed by atoms with E-state index >= 15 is 0 Å². The van der Waals surface area contributed by atoms with Crippen molar-refractivity contribution in [3.8, 4) is 0 Å². The van der Waals surface area contributed by atoms with Crippen LogP contribution in [0.25, 0.3) is 0 Å². The first-order valence-electron chi connectivity index (χ1n) is 6.66. The summed E-state index contributed by atoms with van der Waals surface area (Å²) in [6.45, 7) is 6.12. The number of anilines is 1. The molecule has 1 aliphatic rings. The van der Waals surface area contributed by atoms with Gasteiger partial charge in [0, 0.05) is 12.2 Å². The Kier molecular flexibility index (Phi) is 3.70. The molecule has 1 aromatic carbocycles. The maximum atomic E-state index is 12.3. The third kappa shape index (κ3) is 2.76. The molecule has 1 aromatic rings. The van der Waals surface area contributed by atoms with Crippen LogP contribution >= 0.6 is 0 Å². The fourth-order valence-corrected chi connectivity index (χ4v) is 2.76. The zero-order valence-electron chi connectivity index (χ0n) is 12.0. The van der Waals surface area contributed by atoms with Gasteiger partial charge in [-0.15, -0.1) is 0 Å². The van der Waals surface area contributed by atoms with Crippen molar-refractivity contribution in [1.29, 1.82) is 0 Å². The first-order chi connectivity index (χ1) is 9.30. The van der Waals surface area contributed by atoms with Crippen LogP contribution in [0.15, 0.2) is 30.3 Å². The Balaban J connectivity index is 2.09. The molecule has 5 heteroatoms. The lowest BCUT2D eigenvalue weighted by atomic mass is 9.72. The molecule has 2 rings (SSSR count). The lowest BCUT2D eigenvalue weighted by molar-refractivity contribution is -0.132. The van der Waals surface area contributed by atoms with Gasteiger partial charge >= 0.3 is 6.09 Å². The molecule has 2 N–H and O–H groups in total. The number of carboxylic acid groups (broad SMARTS) is 1. The quantitative estimate of drug-likeness (QED) is 0.872. The molecule has 1 fully saturated rings. The van der Waals surface area contributed by atoms with Crippen molar-refractivity contribution in [2.75, 3.05) is 11.9 Å². The Labute approximate surface area is 118 Å². The van der Waals surface area contributed by atoms with Gasteiger partial charge in [0.1, 0.15) is 0 Å². The van der Waals surface area contributed by atoms with E-state index in [2.05, 4.69) is 5.32 Å². The average Bonchev–Trinajstić information content (AvgIpc) is 2.25. The molecule has 20 heavy (non-hydrogen) atoms. The third-order valence-corrected chi connectivity index (χ3v) is 3.62. The normalized spacial score (nSPS) is 22.1. The van der Waals surface area contributed by atoms with Gasteiger partial charge in [-0.1, -0.05) is 39.0 Å². The molecular weight excluding hydrogens is 256 g/mol. The van der Waals surface area contributed by atoms with Gasteiger partial charge in [0.2, 0.25) is 5.91 Å². The van der Waals surface area contributed by atoms with E-state index in [1.165, 1.54) is 4.90 Å². The minimum atomic E-state index is -0.964. The molecule has 0 radical (unpaired) electrons. The smallest absolute Gasteiger partial charge is 0.407 e. The number of carbonyl (C=O) groups is 2. The van der Waals surface area contributed by atoms with Crippen molar-refractivity contribution in [1.82, 2.24) is 4.90 Å². The van der Waals surface area contributed by atoms with Crippen LogP contribution in [-0.4, -0.2) is 34.6 Å². The zero-order chi connectivity index (χ0) is 14.9. The molecule has 5 nitrogen and oxygen atoms in total. The van der Waals surface area contributed by atoms with Gasteiger partial charge < -0.3 is 15.3 Å². The topological polar surface area (TPSA) is 69.6 Å². The van der Waals surface area contributed by atoms with Crippen LogP contribution in [0.2, 0.25) is 0 Å². The highest BCUT2D eigenvalue weighted by Crippen LogP contribution is 2.38. The number of para-hydroxylation sites is 1. The Hall–Kier alpha value is -2.04. The number of nitrogens with one attached hydrogen (secondary N) is 1. The van der Waals surface area contributed by atoms with Crippen molar-refractivity contribution in [3.63, 3.8) is 0 Å². The molecule has 0 bridgehead atoms. The number of hydrogen-bond acceptors (Lipinski definition) is 2. The van der Waals surface area contributed by atoms with E-state index in [1.807, 2.05) is 51.1 Å². The zero-order valence-corrected chi connectivity index (χ0v) is 12.0. The highest BCUT2D eigenvalue weighted by Gasteiger charge is 2.51. The summed E-state index contributed by atoms with van der Waals surface area (Å²) in [6.07, 6.45) is -0.964. The van der Waals surface area contributed by atoms with Gasteiger partial charge in [0.15, 0.2) is 0 Å². The van der Waals surface area contributed by atoms with Gasteiger partial charge in [0.05, 0.1) is 12.0 Å². The minimum absolute atomic E-state index is 0.117. The highest BCUT2D eigenvalue weighted by molar-refractivity contribution is 5.94. The van der Waals surface area contributed by atoms with E-state index in [4.69, 9.17) is 5.11 Å². The minimum Gasteiger partial charge on any atom is -0.465 e. The number of benzene rings is 1. The standard InChI is InChI=1S/C15H20N2O3/c1-15(2,3)12-11(9-17(12)14(19)20)13(18)16-10-7-5-4-6-8-10/h4-8,11-12H,9H2,1-3H3,(H,16,18)(H,19,20). The molecule has 0 aromatic heterocycles. The van der Waals surface area contributed by atoms with Crippen LogP contribution in [0.3, 0.4) is 0 Å². The summed E-state index contributed by atoms with van der Waals surface area (Å²) in [6, 6.07) is 8.92. The molecule has 2 atom stereocenters.